The van der Waals surface area contributed by atoms with Crippen LogP contribution in [0.15, 0.2) is 30.3 Å². The van der Waals surface area contributed by atoms with Gasteiger partial charge in [0.1, 0.15) is 25.5 Å². The van der Waals surface area contributed by atoms with Crippen LogP contribution in [-0.2, 0) is 27.4 Å². The Hall–Kier alpha value is -2.59. The van der Waals surface area contributed by atoms with Gasteiger partial charge in [0.2, 0.25) is 0 Å². The Kier molecular flexibility index (Phi) is 8.10. The Morgan fingerprint density at radius 1 is 1.24 bits per heavy atom. The number of benzene rings is 2. The van der Waals surface area contributed by atoms with Crippen LogP contribution in [0.3, 0.4) is 0 Å². The molecule has 0 bridgehead atoms. The van der Waals surface area contributed by atoms with Gasteiger partial charge in [-0.2, -0.15) is 0 Å². The van der Waals surface area contributed by atoms with E-state index in [4.69, 9.17) is 25.7 Å². The molecule has 0 spiro atoms. The summed E-state index contributed by atoms with van der Waals surface area (Å²) in [6, 6.07) is 8.65. The molecule has 2 aromatic rings. The summed E-state index contributed by atoms with van der Waals surface area (Å²) in [7, 11) is -1.04. The fourth-order valence-electron chi connectivity index (χ4n) is 4.25. The lowest BCUT2D eigenvalue weighted by Crippen LogP contribution is -2.35. The Morgan fingerprint density at radius 2 is 2.03 bits per heavy atom. The number of carbonyl (C=O) groups excluding carboxylic acids is 2. The first-order valence-corrected chi connectivity index (χ1v) is 11.8. The molecule has 1 amide bonds. The number of ether oxygens (including phenoxy) is 2. The summed E-state index contributed by atoms with van der Waals surface area (Å²) in [5.74, 6) is -0.431. The number of amides is 1. The lowest BCUT2D eigenvalue weighted by Gasteiger charge is -2.16. The van der Waals surface area contributed by atoms with Gasteiger partial charge in [-0.1, -0.05) is 23.7 Å². The first-order valence-electron chi connectivity index (χ1n) is 11.4. The van der Waals surface area contributed by atoms with Crippen molar-refractivity contribution < 1.29 is 28.7 Å². The number of rotatable bonds is 9. The molecule has 0 aliphatic carbocycles. The summed E-state index contributed by atoms with van der Waals surface area (Å²) in [6.45, 7) is 5.41. The number of esters is 1. The van der Waals surface area contributed by atoms with Gasteiger partial charge in [-0.25, -0.2) is 0 Å². The van der Waals surface area contributed by atoms with Gasteiger partial charge < -0.3 is 24.5 Å². The van der Waals surface area contributed by atoms with E-state index < -0.39 is 19.0 Å². The second-order valence-electron chi connectivity index (χ2n) is 8.48. The van der Waals surface area contributed by atoms with Gasteiger partial charge >= 0.3 is 13.1 Å². The summed E-state index contributed by atoms with van der Waals surface area (Å²) in [4.78, 5) is 27.1. The highest BCUT2D eigenvalue weighted by Crippen LogP contribution is 2.26. The highest BCUT2D eigenvalue weighted by atomic mass is 35.5. The quantitative estimate of drug-likeness (QED) is 0.412. The molecule has 2 aliphatic rings. The van der Waals surface area contributed by atoms with E-state index in [0.717, 1.165) is 30.8 Å². The van der Waals surface area contributed by atoms with Gasteiger partial charge in [0.05, 0.1) is 11.6 Å². The first-order chi connectivity index (χ1) is 16.4. The van der Waals surface area contributed by atoms with Crippen molar-refractivity contribution in [3.63, 3.8) is 0 Å². The molecule has 1 fully saturated rings. The number of fused-ring (bicyclic) bond motifs is 1. The van der Waals surface area contributed by atoms with Crippen molar-refractivity contribution in [2.24, 2.45) is 0 Å². The van der Waals surface area contributed by atoms with Crippen LogP contribution in [0.4, 0.5) is 0 Å². The fourth-order valence-corrected chi connectivity index (χ4v) is 4.43. The highest BCUT2D eigenvalue weighted by molar-refractivity contribution is 6.62. The molecule has 2 aromatic carbocycles. The van der Waals surface area contributed by atoms with Crippen molar-refractivity contribution in [1.82, 2.24) is 10.2 Å². The minimum absolute atomic E-state index is 0.0375. The minimum Gasteiger partial charge on any atom is -0.491 e. The smallest absolute Gasteiger partial charge is 0.491 e. The third-order valence-electron chi connectivity index (χ3n) is 6.15. The molecule has 2 N–H and O–H groups in total. The van der Waals surface area contributed by atoms with Gasteiger partial charge in [0.25, 0.3) is 5.91 Å². The van der Waals surface area contributed by atoms with Gasteiger partial charge in [0, 0.05) is 12.1 Å². The average molecular weight is 487 g/mol. The molecule has 1 saturated heterocycles. The summed E-state index contributed by atoms with van der Waals surface area (Å²) in [5.41, 5.74) is 3.21. The standard InChI is InChI=1S/C24H28BClN2O6/c1-16-19(6-5-18-15-34-25(31)23(16)18)24(30)27-13-22(29)33-14-17-4-7-20(26)21(12-17)32-11-10-28-8-2-3-9-28/h4-7,12,31H,2-3,8-11,13-15H2,1H3,(H,27,30). The molecule has 180 valence electrons. The van der Waals surface area contributed by atoms with E-state index in [0.29, 0.717) is 40.6 Å². The van der Waals surface area contributed by atoms with Crippen LogP contribution in [0.25, 0.3) is 0 Å². The second kappa shape index (κ2) is 11.2. The lowest BCUT2D eigenvalue weighted by atomic mass is 9.75. The Morgan fingerprint density at radius 3 is 2.82 bits per heavy atom. The largest absolute Gasteiger partial charge is 0.492 e. The fraction of sp³-hybridized carbons (Fsp3) is 0.417. The van der Waals surface area contributed by atoms with Crippen molar-refractivity contribution in [2.75, 3.05) is 32.8 Å². The molecule has 10 heteroatoms. The predicted molar refractivity (Wildman–Crippen MR) is 128 cm³/mol. The molecular weight excluding hydrogens is 459 g/mol. The van der Waals surface area contributed by atoms with E-state index >= 15 is 0 Å². The zero-order chi connectivity index (χ0) is 24.1. The molecule has 0 atom stereocenters. The van der Waals surface area contributed by atoms with Crippen LogP contribution in [0.2, 0.25) is 5.02 Å². The highest BCUT2D eigenvalue weighted by Gasteiger charge is 2.31. The number of nitrogens with one attached hydrogen (secondary N) is 1. The van der Waals surface area contributed by atoms with E-state index in [-0.39, 0.29) is 13.2 Å². The maximum absolute atomic E-state index is 12.6. The first kappa shape index (κ1) is 24.5. The van der Waals surface area contributed by atoms with Crippen LogP contribution in [0.5, 0.6) is 5.75 Å². The molecule has 4 rings (SSSR count). The van der Waals surface area contributed by atoms with Crippen LogP contribution in [0, 0.1) is 6.92 Å². The van der Waals surface area contributed by atoms with Gasteiger partial charge in [-0.3, -0.25) is 14.5 Å². The van der Waals surface area contributed by atoms with Crippen molar-refractivity contribution in [3.05, 3.63) is 57.6 Å². The molecular formula is C24H28BClN2O6. The van der Waals surface area contributed by atoms with Crippen molar-refractivity contribution in [2.45, 2.75) is 33.0 Å². The van der Waals surface area contributed by atoms with Crippen LogP contribution < -0.4 is 15.5 Å². The number of hydrogen-bond donors (Lipinski definition) is 2. The number of likely N-dealkylation sites (tertiary alicyclic amines) is 1. The maximum atomic E-state index is 12.6. The molecule has 0 unspecified atom stereocenters. The zero-order valence-electron chi connectivity index (χ0n) is 19.1. The van der Waals surface area contributed by atoms with Crippen molar-refractivity contribution >= 4 is 36.1 Å². The van der Waals surface area contributed by atoms with Crippen LogP contribution >= 0.6 is 11.6 Å². The van der Waals surface area contributed by atoms with E-state index in [2.05, 4.69) is 10.2 Å². The normalized spacial score (nSPS) is 15.3. The molecule has 34 heavy (non-hydrogen) atoms. The molecule has 0 radical (unpaired) electrons. The Labute approximate surface area is 204 Å². The molecule has 8 nitrogen and oxygen atoms in total. The van der Waals surface area contributed by atoms with E-state index in [1.807, 2.05) is 0 Å². The third kappa shape index (κ3) is 5.91. The molecule has 2 heterocycles. The monoisotopic (exact) mass is 486 g/mol. The van der Waals surface area contributed by atoms with Gasteiger partial charge in [0.15, 0.2) is 0 Å². The average Bonchev–Trinajstić information content (AvgIpc) is 3.48. The Balaban J connectivity index is 1.25. The van der Waals surface area contributed by atoms with Crippen molar-refractivity contribution in [3.8, 4) is 5.75 Å². The van der Waals surface area contributed by atoms with E-state index in [1.165, 1.54) is 12.8 Å². The van der Waals surface area contributed by atoms with Crippen LogP contribution in [0.1, 0.15) is 39.9 Å². The predicted octanol–water partition coefficient (Wildman–Crippen LogP) is 1.81. The maximum Gasteiger partial charge on any atom is 0.492 e. The van der Waals surface area contributed by atoms with E-state index in [1.54, 1.807) is 37.3 Å². The third-order valence-corrected chi connectivity index (χ3v) is 6.46. The van der Waals surface area contributed by atoms with Gasteiger partial charge in [-0.15, -0.1) is 0 Å². The second-order valence-corrected chi connectivity index (χ2v) is 8.89. The number of carbonyl (C=O) groups is 2. The summed E-state index contributed by atoms with van der Waals surface area (Å²) >= 11 is 6.24. The molecule has 0 saturated carbocycles. The summed E-state index contributed by atoms with van der Waals surface area (Å²) < 4.78 is 16.3. The number of nitrogens with zero attached hydrogens (tertiary/aromatic N) is 1. The Bertz CT molecular complexity index is 1060. The SMILES string of the molecule is Cc1c(C(=O)NCC(=O)OCc2ccc(Cl)c(OCCN3CCCC3)c2)ccc2c1B(O)OC2. The molecule has 0 aromatic heterocycles. The summed E-state index contributed by atoms with van der Waals surface area (Å²) in [5, 5.41) is 13.0. The van der Waals surface area contributed by atoms with Crippen LogP contribution in [-0.4, -0.2) is 61.7 Å². The minimum atomic E-state index is -1.04. The van der Waals surface area contributed by atoms with Crippen molar-refractivity contribution in [1.29, 1.82) is 0 Å². The lowest BCUT2D eigenvalue weighted by molar-refractivity contribution is -0.143. The number of hydrogen-bond acceptors (Lipinski definition) is 7. The number of halogens is 1. The van der Waals surface area contributed by atoms with Gasteiger partial charge in [-0.05, 0) is 73.2 Å². The topological polar surface area (TPSA) is 97.3 Å². The zero-order valence-corrected chi connectivity index (χ0v) is 19.9. The molecule has 2 aliphatic heterocycles. The summed E-state index contributed by atoms with van der Waals surface area (Å²) in [6.07, 6.45) is 2.46. The van der Waals surface area contributed by atoms with E-state index in [9.17, 15) is 14.6 Å².